The van der Waals surface area contributed by atoms with E-state index in [9.17, 15) is 0 Å². The van der Waals surface area contributed by atoms with Gasteiger partial charge in [0, 0.05) is 6.21 Å². The van der Waals surface area contributed by atoms with E-state index in [-0.39, 0.29) is 0 Å². The van der Waals surface area contributed by atoms with Crippen molar-refractivity contribution in [3.63, 3.8) is 0 Å². The highest BCUT2D eigenvalue weighted by molar-refractivity contribution is 6.02. The zero-order valence-electron chi connectivity index (χ0n) is 17.6. The highest BCUT2D eigenvalue weighted by Crippen LogP contribution is 2.38. The summed E-state index contributed by atoms with van der Waals surface area (Å²) in [5.74, 6) is 2.23. The Morgan fingerprint density at radius 2 is 1.69 bits per heavy atom. The average molecular weight is 395 g/mol. The third kappa shape index (κ3) is 4.43. The zero-order valence-corrected chi connectivity index (χ0v) is 17.6. The quantitative estimate of drug-likeness (QED) is 0.753. The molecule has 1 aliphatic heterocycles. The Kier molecular flexibility index (Phi) is 6.23. The van der Waals surface area contributed by atoms with Crippen LogP contribution in [0.25, 0.3) is 0 Å². The largest absolute Gasteiger partial charge is 0.493 e. The zero-order chi connectivity index (χ0) is 21.0. The van der Waals surface area contributed by atoms with Gasteiger partial charge in [-0.15, -0.1) is 0 Å². The molecule has 0 fully saturated rings. The van der Waals surface area contributed by atoms with E-state index >= 15 is 0 Å². The van der Waals surface area contributed by atoms with Crippen molar-refractivity contribution in [2.24, 2.45) is 26.9 Å². The second kappa shape index (κ2) is 8.66. The Labute approximate surface area is 172 Å². The van der Waals surface area contributed by atoms with Gasteiger partial charge < -0.3 is 15.2 Å². The summed E-state index contributed by atoms with van der Waals surface area (Å²) in [4.78, 5) is 8.80. The number of amidine groups is 1. The first-order valence-corrected chi connectivity index (χ1v) is 9.81. The first-order valence-electron chi connectivity index (χ1n) is 9.81. The van der Waals surface area contributed by atoms with Gasteiger partial charge in [0.15, 0.2) is 17.8 Å². The van der Waals surface area contributed by atoms with Crippen molar-refractivity contribution < 1.29 is 9.47 Å². The summed E-state index contributed by atoms with van der Waals surface area (Å²) in [6, 6.07) is 14.3. The fraction of sp³-hybridized carbons (Fsp3) is 0.391. The van der Waals surface area contributed by atoms with Crippen LogP contribution in [0.2, 0.25) is 0 Å². The lowest BCUT2D eigenvalue weighted by Crippen LogP contribution is -2.47. The van der Waals surface area contributed by atoms with Gasteiger partial charge in [-0.05, 0) is 47.6 Å². The fourth-order valence-corrected chi connectivity index (χ4v) is 3.85. The molecule has 6 heteroatoms. The molecule has 4 N–H and O–H groups in total. The number of methoxy groups -OCH3 is 2. The summed E-state index contributed by atoms with van der Waals surface area (Å²) in [7, 11) is 3.30. The number of benzene rings is 2. The molecule has 2 aromatic carbocycles. The molecular formula is C23H30N4O2. The monoisotopic (exact) mass is 394 g/mol. The van der Waals surface area contributed by atoms with Gasteiger partial charge in [-0.1, -0.05) is 44.2 Å². The molecule has 0 saturated heterocycles. The van der Waals surface area contributed by atoms with E-state index in [0.29, 0.717) is 30.3 Å². The number of nitrogens with zero attached hydrogens (tertiary/aromatic N) is 2. The minimum atomic E-state index is -0.645. The number of aliphatic imine (C=N–C) groups is 2. The molecule has 0 radical (unpaired) electrons. The van der Waals surface area contributed by atoms with Crippen molar-refractivity contribution in [1.82, 2.24) is 0 Å². The summed E-state index contributed by atoms with van der Waals surface area (Å²) < 4.78 is 11.1. The van der Waals surface area contributed by atoms with Crippen LogP contribution in [-0.2, 0) is 12.8 Å². The Morgan fingerprint density at radius 1 is 1.03 bits per heavy atom. The summed E-state index contributed by atoms with van der Waals surface area (Å²) in [5.41, 5.74) is 15.3. The highest BCUT2D eigenvalue weighted by Gasteiger charge is 2.37. The Balaban J connectivity index is 2.09. The van der Waals surface area contributed by atoms with Crippen LogP contribution in [0.1, 0.15) is 36.5 Å². The van der Waals surface area contributed by atoms with E-state index in [1.54, 1.807) is 14.2 Å². The predicted molar refractivity (Wildman–Crippen MR) is 118 cm³/mol. The number of hydrogen-bond acceptors (Lipinski definition) is 6. The molecule has 0 aromatic heterocycles. The van der Waals surface area contributed by atoms with Crippen molar-refractivity contribution in [1.29, 1.82) is 0 Å². The van der Waals surface area contributed by atoms with Crippen LogP contribution >= 0.6 is 0 Å². The SMILES string of the molecule is COc1cc(CC2(Cc3ccccc3)C=NC(N)N=C2N)c(C(C)C)cc1OC. The smallest absolute Gasteiger partial charge is 0.192 e. The van der Waals surface area contributed by atoms with Crippen LogP contribution in [-0.4, -0.2) is 32.6 Å². The molecule has 0 saturated carbocycles. The second-order valence-corrected chi connectivity index (χ2v) is 7.76. The van der Waals surface area contributed by atoms with E-state index in [2.05, 4.69) is 36.0 Å². The first kappa shape index (κ1) is 20.9. The summed E-state index contributed by atoms with van der Waals surface area (Å²) in [6.45, 7) is 4.33. The first-order chi connectivity index (χ1) is 13.9. The third-order valence-corrected chi connectivity index (χ3v) is 5.39. The molecule has 2 atom stereocenters. The normalized spacial score (nSPS) is 21.2. The molecule has 29 heavy (non-hydrogen) atoms. The lowest BCUT2D eigenvalue weighted by Gasteiger charge is -2.34. The molecule has 0 aliphatic carbocycles. The second-order valence-electron chi connectivity index (χ2n) is 7.76. The van der Waals surface area contributed by atoms with Gasteiger partial charge in [0.05, 0.1) is 19.6 Å². The van der Waals surface area contributed by atoms with E-state index in [1.165, 1.54) is 11.1 Å². The van der Waals surface area contributed by atoms with Gasteiger partial charge in [0.1, 0.15) is 5.84 Å². The average Bonchev–Trinajstić information content (AvgIpc) is 2.71. The van der Waals surface area contributed by atoms with Crippen molar-refractivity contribution in [2.45, 2.75) is 38.9 Å². The highest BCUT2D eigenvalue weighted by atomic mass is 16.5. The topological polar surface area (TPSA) is 95.2 Å². The summed E-state index contributed by atoms with van der Waals surface area (Å²) in [6.07, 6.45) is 2.56. The minimum absolute atomic E-state index is 0.305. The van der Waals surface area contributed by atoms with Crippen molar-refractivity contribution >= 4 is 12.1 Å². The van der Waals surface area contributed by atoms with E-state index in [1.807, 2.05) is 36.5 Å². The fourth-order valence-electron chi connectivity index (χ4n) is 3.85. The van der Waals surface area contributed by atoms with Gasteiger partial charge in [0.2, 0.25) is 0 Å². The summed E-state index contributed by atoms with van der Waals surface area (Å²) >= 11 is 0. The standard InChI is InChI=1S/C23H30N4O2/c1-15(2)18-11-20(29-4)19(28-3)10-17(18)13-23(12-16-8-6-5-7-9-16)14-26-22(25)27-21(23)24/h5-11,14-15,22H,12-13,25H2,1-4H3,(H2,24,27). The number of rotatable bonds is 7. The molecule has 154 valence electrons. The Bertz CT molecular complexity index is 909. The maximum Gasteiger partial charge on any atom is 0.192 e. The lowest BCUT2D eigenvalue weighted by atomic mass is 9.74. The molecule has 1 aliphatic rings. The number of nitrogens with two attached hydrogens (primary N) is 2. The Morgan fingerprint density at radius 3 is 2.28 bits per heavy atom. The maximum atomic E-state index is 6.48. The number of ether oxygens (including phenoxy) is 2. The lowest BCUT2D eigenvalue weighted by molar-refractivity contribution is 0.353. The van der Waals surface area contributed by atoms with Crippen LogP contribution < -0.4 is 20.9 Å². The Hall–Kier alpha value is -2.86. The van der Waals surface area contributed by atoms with Gasteiger partial charge in [-0.25, -0.2) is 4.99 Å². The number of hydrogen-bond donors (Lipinski definition) is 2. The van der Waals surface area contributed by atoms with Crippen LogP contribution in [0.15, 0.2) is 52.4 Å². The van der Waals surface area contributed by atoms with Gasteiger partial charge in [0.25, 0.3) is 0 Å². The summed E-state index contributed by atoms with van der Waals surface area (Å²) in [5, 5.41) is 0. The molecule has 2 aromatic rings. The molecule has 0 bridgehead atoms. The van der Waals surface area contributed by atoms with Crippen molar-refractivity contribution in [2.75, 3.05) is 14.2 Å². The molecule has 1 heterocycles. The van der Waals surface area contributed by atoms with Gasteiger partial charge in [-0.2, -0.15) is 0 Å². The molecular weight excluding hydrogens is 364 g/mol. The van der Waals surface area contributed by atoms with Crippen LogP contribution in [0.5, 0.6) is 11.5 Å². The molecule has 0 spiro atoms. The minimum Gasteiger partial charge on any atom is -0.493 e. The maximum absolute atomic E-state index is 6.48. The van der Waals surface area contributed by atoms with Crippen LogP contribution in [0, 0.1) is 5.41 Å². The molecule has 2 unspecified atom stereocenters. The van der Waals surface area contributed by atoms with Crippen molar-refractivity contribution in [3.8, 4) is 11.5 Å². The van der Waals surface area contributed by atoms with Crippen LogP contribution in [0.3, 0.4) is 0 Å². The molecule has 3 rings (SSSR count). The molecule has 0 amide bonds. The van der Waals surface area contributed by atoms with E-state index in [4.69, 9.17) is 20.9 Å². The predicted octanol–water partition coefficient (Wildman–Crippen LogP) is 3.28. The van der Waals surface area contributed by atoms with Crippen LogP contribution in [0.4, 0.5) is 0 Å². The van der Waals surface area contributed by atoms with E-state index < -0.39 is 11.7 Å². The van der Waals surface area contributed by atoms with E-state index in [0.717, 1.165) is 11.3 Å². The van der Waals surface area contributed by atoms with Gasteiger partial charge in [-0.3, -0.25) is 10.7 Å². The van der Waals surface area contributed by atoms with Gasteiger partial charge >= 0.3 is 0 Å². The third-order valence-electron chi connectivity index (χ3n) is 5.39. The van der Waals surface area contributed by atoms with Crippen molar-refractivity contribution in [3.05, 3.63) is 59.2 Å². The molecule has 6 nitrogen and oxygen atoms in total.